The topological polar surface area (TPSA) is 53.4 Å². The number of hydrogen-bond acceptors (Lipinski definition) is 4. The van der Waals surface area contributed by atoms with Crippen molar-refractivity contribution in [1.82, 2.24) is 19.4 Å². The third-order valence-corrected chi connectivity index (χ3v) is 7.01. The second-order valence-electron chi connectivity index (χ2n) is 9.29. The highest BCUT2D eigenvalue weighted by Gasteiger charge is 2.27. The van der Waals surface area contributed by atoms with E-state index >= 15 is 0 Å². The molecule has 2 heterocycles. The number of para-hydroxylation sites is 1. The van der Waals surface area contributed by atoms with Gasteiger partial charge in [-0.25, -0.2) is 4.98 Å². The average Bonchev–Trinajstić information content (AvgIpc) is 3.14. The highest BCUT2D eigenvalue weighted by Crippen LogP contribution is 2.33. The van der Waals surface area contributed by atoms with Gasteiger partial charge >= 0.3 is 0 Å². The number of fused-ring (bicyclic) bond motifs is 1. The maximum absolute atomic E-state index is 12.9. The molecule has 0 radical (unpaired) electrons. The van der Waals surface area contributed by atoms with Gasteiger partial charge in [0.2, 0.25) is 0 Å². The molecule has 0 spiro atoms. The summed E-state index contributed by atoms with van der Waals surface area (Å²) in [5, 5.41) is 3.43. The molecule has 0 saturated heterocycles. The van der Waals surface area contributed by atoms with Crippen LogP contribution in [0, 0.1) is 0 Å². The van der Waals surface area contributed by atoms with E-state index in [0.29, 0.717) is 22.9 Å². The smallest absolute Gasteiger partial charge is 0.273 e. The molecule has 1 N–H and O–H groups in total. The first-order chi connectivity index (χ1) is 15.3. The van der Waals surface area contributed by atoms with E-state index in [9.17, 15) is 4.79 Å². The van der Waals surface area contributed by atoms with Crippen LogP contribution in [-0.2, 0) is 13.1 Å². The van der Waals surface area contributed by atoms with Gasteiger partial charge in [-0.1, -0.05) is 29.8 Å². The van der Waals surface area contributed by atoms with Gasteiger partial charge in [0.1, 0.15) is 11.5 Å². The molecule has 6 nitrogen and oxygen atoms in total. The van der Waals surface area contributed by atoms with E-state index in [1.807, 2.05) is 16.7 Å². The number of rotatable bonds is 6. The molecule has 2 aliphatic rings. The average molecular weight is 454 g/mol. The maximum Gasteiger partial charge on any atom is 0.273 e. The van der Waals surface area contributed by atoms with E-state index in [0.717, 1.165) is 18.9 Å². The van der Waals surface area contributed by atoms with Crippen molar-refractivity contribution >= 4 is 23.2 Å². The highest BCUT2D eigenvalue weighted by molar-refractivity contribution is 6.33. The van der Waals surface area contributed by atoms with Gasteiger partial charge < -0.3 is 19.7 Å². The summed E-state index contributed by atoms with van der Waals surface area (Å²) in [5.74, 6) is 0.730. The Balaban J connectivity index is 1.53. The first-order valence-corrected chi connectivity index (χ1v) is 11.6. The van der Waals surface area contributed by atoms with Gasteiger partial charge in [-0.3, -0.25) is 4.79 Å². The molecule has 0 atom stereocenters. The maximum atomic E-state index is 12.9. The van der Waals surface area contributed by atoms with Gasteiger partial charge in [-0.15, -0.1) is 0 Å². The van der Waals surface area contributed by atoms with E-state index in [2.05, 4.69) is 60.2 Å². The van der Waals surface area contributed by atoms with Crippen molar-refractivity contribution in [2.75, 3.05) is 26.0 Å². The second kappa shape index (κ2) is 9.12. The van der Waals surface area contributed by atoms with Crippen molar-refractivity contribution in [3.05, 3.63) is 70.4 Å². The van der Waals surface area contributed by atoms with E-state index in [1.165, 1.54) is 30.5 Å². The Morgan fingerprint density at radius 1 is 1.22 bits per heavy atom. The van der Waals surface area contributed by atoms with Crippen LogP contribution >= 0.6 is 11.6 Å². The van der Waals surface area contributed by atoms with Crippen molar-refractivity contribution in [2.45, 2.75) is 51.7 Å². The number of likely N-dealkylation sites (N-methyl/N-ethyl adjacent to an activating group) is 1. The Labute approximate surface area is 195 Å². The lowest BCUT2D eigenvalue weighted by Gasteiger charge is -2.36. The molecular weight excluding hydrogens is 422 g/mol. The Morgan fingerprint density at radius 3 is 2.62 bits per heavy atom. The third-order valence-electron chi connectivity index (χ3n) is 6.68. The third kappa shape index (κ3) is 4.62. The minimum atomic E-state index is -0.185. The lowest BCUT2D eigenvalue weighted by molar-refractivity contribution is 0.101. The van der Waals surface area contributed by atoms with Crippen LogP contribution in [0.25, 0.3) is 0 Å². The van der Waals surface area contributed by atoms with Crippen molar-refractivity contribution in [3.8, 4) is 0 Å². The Bertz CT molecular complexity index is 1060. The van der Waals surface area contributed by atoms with Crippen LogP contribution in [0.2, 0.25) is 5.02 Å². The molecule has 1 saturated carbocycles. The van der Waals surface area contributed by atoms with Gasteiger partial charge in [0, 0.05) is 24.3 Å². The predicted molar refractivity (Wildman–Crippen MR) is 130 cm³/mol. The number of imidazole rings is 1. The lowest BCUT2D eigenvalue weighted by Crippen LogP contribution is -2.37. The Hall–Kier alpha value is -2.57. The molecule has 1 aliphatic carbocycles. The molecule has 2 aromatic rings. The van der Waals surface area contributed by atoms with E-state index in [4.69, 9.17) is 11.6 Å². The first kappa shape index (κ1) is 22.6. The monoisotopic (exact) mass is 453 g/mol. The second-order valence-corrected chi connectivity index (χ2v) is 9.70. The highest BCUT2D eigenvalue weighted by atomic mass is 35.5. The summed E-state index contributed by atoms with van der Waals surface area (Å²) in [5.41, 5.74) is 4.00. The van der Waals surface area contributed by atoms with Crippen molar-refractivity contribution in [2.24, 2.45) is 0 Å². The standard InChI is InChI=1S/C25H32ClN5O/c1-25(2,29(3)4)13-12-21(18-8-7-9-18)30-14-15-31-22(16-27-23(31)17-30)24(32)28-20-11-6-5-10-19(20)26/h5-6,10-13,16H,7-9,14-15,17H2,1-4H3,(H,28,32)/b13-12+. The van der Waals surface area contributed by atoms with Crippen LogP contribution in [0.3, 0.4) is 0 Å². The quantitative estimate of drug-likeness (QED) is 0.673. The number of amides is 1. The summed E-state index contributed by atoms with van der Waals surface area (Å²) in [6.07, 6.45) is 9.84. The summed E-state index contributed by atoms with van der Waals surface area (Å²) in [6.45, 7) is 6.72. The molecule has 4 rings (SSSR count). The SMILES string of the molecule is CN(C)C(C)(C)/C=C/C(=C1CCC1)N1CCn2c(C(=O)Nc3ccccc3Cl)cnc2C1. The Morgan fingerprint density at radius 2 is 1.97 bits per heavy atom. The van der Waals surface area contributed by atoms with E-state index < -0.39 is 0 Å². The molecule has 1 aliphatic heterocycles. The minimum absolute atomic E-state index is 0.0201. The number of allylic oxidation sites excluding steroid dienone is 2. The minimum Gasteiger partial charge on any atom is -0.362 e. The number of benzene rings is 1. The molecule has 170 valence electrons. The normalized spacial score (nSPS) is 16.3. The fourth-order valence-electron chi connectivity index (χ4n) is 3.88. The first-order valence-electron chi connectivity index (χ1n) is 11.2. The Kier molecular flexibility index (Phi) is 6.45. The zero-order valence-corrected chi connectivity index (χ0v) is 20.1. The predicted octanol–water partition coefficient (Wildman–Crippen LogP) is 4.94. The van der Waals surface area contributed by atoms with Crippen LogP contribution in [-0.4, -0.2) is 51.4 Å². The van der Waals surface area contributed by atoms with Crippen LogP contribution in [0.15, 0.2) is 53.9 Å². The molecule has 1 aromatic carbocycles. The van der Waals surface area contributed by atoms with Gasteiger partial charge in [0.25, 0.3) is 5.91 Å². The van der Waals surface area contributed by atoms with Gasteiger partial charge in [0.05, 0.1) is 23.5 Å². The van der Waals surface area contributed by atoms with Gasteiger partial charge in [-0.05, 0) is 71.0 Å². The molecule has 32 heavy (non-hydrogen) atoms. The summed E-state index contributed by atoms with van der Waals surface area (Å²) in [6, 6.07) is 7.26. The van der Waals surface area contributed by atoms with Crippen LogP contribution in [0.4, 0.5) is 5.69 Å². The number of anilines is 1. The van der Waals surface area contributed by atoms with Gasteiger partial charge in [0.15, 0.2) is 0 Å². The van der Waals surface area contributed by atoms with Gasteiger partial charge in [-0.2, -0.15) is 0 Å². The molecule has 1 amide bonds. The summed E-state index contributed by atoms with van der Waals surface area (Å²) in [4.78, 5) is 22.1. The molecule has 1 aromatic heterocycles. The summed E-state index contributed by atoms with van der Waals surface area (Å²) >= 11 is 6.20. The fourth-order valence-corrected chi connectivity index (χ4v) is 4.07. The van der Waals surface area contributed by atoms with Crippen LogP contribution in [0.5, 0.6) is 0 Å². The lowest BCUT2D eigenvalue weighted by atomic mass is 9.89. The van der Waals surface area contributed by atoms with E-state index in [1.54, 1.807) is 18.3 Å². The number of carbonyl (C=O) groups is 1. The van der Waals surface area contributed by atoms with E-state index in [-0.39, 0.29) is 11.4 Å². The molecule has 0 bridgehead atoms. The zero-order chi connectivity index (χ0) is 22.9. The fraction of sp³-hybridized carbons (Fsp3) is 0.440. The van der Waals surface area contributed by atoms with Crippen LogP contribution < -0.4 is 5.32 Å². The molecular formula is C25H32ClN5O. The summed E-state index contributed by atoms with van der Waals surface area (Å²) in [7, 11) is 4.21. The number of nitrogens with zero attached hydrogens (tertiary/aromatic N) is 4. The number of halogens is 1. The number of nitrogens with one attached hydrogen (secondary N) is 1. The number of carbonyl (C=O) groups excluding carboxylic acids is 1. The van der Waals surface area contributed by atoms with Crippen molar-refractivity contribution < 1.29 is 4.79 Å². The molecule has 7 heteroatoms. The number of hydrogen-bond donors (Lipinski definition) is 1. The van der Waals surface area contributed by atoms with Crippen molar-refractivity contribution in [3.63, 3.8) is 0 Å². The molecule has 0 unspecified atom stereocenters. The van der Waals surface area contributed by atoms with Crippen LogP contribution in [0.1, 0.15) is 49.4 Å². The number of aromatic nitrogens is 2. The molecule has 1 fully saturated rings. The van der Waals surface area contributed by atoms with Crippen molar-refractivity contribution in [1.29, 1.82) is 0 Å². The summed E-state index contributed by atoms with van der Waals surface area (Å²) < 4.78 is 2.03. The zero-order valence-electron chi connectivity index (χ0n) is 19.4. The largest absolute Gasteiger partial charge is 0.362 e.